The number of hydrogen-bond acceptors (Lipinski definition) is 3. The fourth-order valence-corrected chi connectivity index (χ4v) is 1.14. The molecule has 0 radical (unpaired) electrons. The highest BCUT2D eigenvalue weighted by molar-refractivity contribution is 5.88. The lowest BCUT2D eigenvalue weighted by molar-refractivity contribution is 0.0513. The van der Waals surface area contributed by atoms with E-state index in [2.05, 4.69) is 5.10 Å². The maximum Gasteiger partial charge on any atom is 0.356 e. The van der Waals surface area contributed by atoms with Gasteiger partial charge in [-0.3, -0.25) is 14.6 Å². The molecule has 0 unspecified atom stereocenters. The molecule has 5 nitrogen and oxygen atoms in total. The second-order valence-corrected chi connectivity index (χ2v) is 2.69. The predicted octanol–water partition coefficient (Wildman–Crippen LogP) is 0.199. The van der Waals surface area contributed by atoms with Crippen molar-refractivity contribution < 1.29 is 9.53 Å². The predicted molar refractivity (Wildman–Crippen MR) is 46.7 cm³/mol. The summed E-state index contributed by atoms with van der Waals surface area (Å²) in [5.41, 5.74) is 0.415. The fourth-order valence-electron chi connectivity index (χ4n) is 1.14. The van der Waals surface area contributed by atoms with Crippen LogP contribution in [0.4, 0.5) is 0 Å². The molecule has 13 heavy (non-hydrogen) atoms. The Labute approximate surface area is 75.3 Å². The summed E-state index contributed by atoms with van der Waals surface area (Å²) in [6.07, 6.45) is 0. The first-order valence-corrected chi connectivity index (χ1v) is 4.00. The number of esters is 1. The van der Waals surface area contributed by atoms with Gasteiger partial charge in [0.25, 0.3) is 5.56 Å². The quantitative estimate of drug-likeness (QED) is 0.668. The largest absolute Gasteiger partial charge is 0.461 e. The maximum absolute atomic E-state index is 11.3. The molecule has 0 aliphatic heterocycles. The lowest BCUT2D eigenvalue weighted by Crippen LogP contribution is -2.11. The van der Waals surface area contributed by atoms with E-state index in [1.165, 1.54) is 4.68 Å². The van der Waals surface area contributed by atoms with Crippen molar-refractivity contribution in [3.05, 3.63) is 21.6 Å². The number of aromatic amines is 1. The van der Waals surface area contributed by atoms with Gasteiger partial charge in [-0.2, -0.15) is 0 Å². The molecule has 1 aromatic heterocycles. The Morgan fingerprint density at radius 2 is 2.23 bits per heavy atom. The van der Waals surface area contributed by atoms with Crippen molar-refractivity contribution in [3.8, 4) is 0 Å². The van der Waals surface area contributed by atoms with Crippen molar-refractivity contribution in [3.63, 3.8) is 0 Å². The monoisotopic (exact) mass is 184 g/mol. The molecule has 0 saturated carbocycles. The third-order valence-electron chi connectivity index (χ3n) is 1.77. The highest BCUT2D eigenvalue weighted by Crippen LogP contribution is 2.02. The Balaban J connectivity index is 3.13. The molecule has 72 valence electrons. The van der Waals surface area contributed by atoms with Gasteiger partial charge in [0.2, 0.25) is 0 Å². The van der Waals surface area contributed by atoms with Gasteiger partial charge in [0.05, 0.1) is 6.61 Å². The van der Waals surface area contributed by atoms with E-state index in [4.69, 9.17) is 4.74 Å². The highest BCUT2D eigenvalue weighted by Gasteiger charge is 2.17. The molecular formula is C8H12N2O3. The average molecular weight is 184 g/mol. The summed E-state index contributed by atoms with van der Waals surface area (Å²) in [4.78, 5) is 22.4. The molecule has 0 spiro atoms. The van der Waals surface area contributed by atoms with Crippen LogP contribution in [0.3, 0.4) is 0 Å². The summed E-state index contributed by atoms with van der Waals surface area (Å²) >= 11 is 0. The molecule has 0 bridgehead atoms. The third-order valence-corrected chi connectivity index (χ3v) is 1.77. The number of rotatable bonds is 2. The lowest BCUT2D eigenvalue weighted by Gasteiger charge is -2.02. The Hall–Kier alpha value is -1.52. The Kier molecular flexibility index (Phi) is 2.55. The van der Waals surface area contributed by atoms with Crippen LogP contribution >= 0.6 is 0 Å². The van der Waals surface area contributed by atoms with Crippen LogP contribution in [0.5, 0.6) is 0 Å². The third kappa shape index (κ3) is 1.63. The van der Waals surface area contributed by atoms with Gasteiger partial charge in [0.15, 0.2) is 5.69 Å². The van der Waals surface area contributed by atoms with Crippen molar-refractivity contribution in [2.75, 3.05) is 6.61 Å². The van der Waals surface area contributed by atoms with E-state index in [0.717, 1.165) is 0 Å². The van der Waals surface area contributed by atoms with Crippen LogP contribution in [0.25, 0.3) is 0 Å². The summed E-state index contributed by atoms with van der Waals surface area (Å²) in [6.45, 7) is 3.61. The van der Waals surface area contributed by atoms with Crippen molar-refractivity contribution in [2.45, 2.75) is 13.8 Å². The number of aromatic nitrogens is 2. The second kappa shape index (κ2) is 3.47. The van der Waals surface area contributed by atoms with E-state index in [9.17, 15) is 9.59 Å². The van der Waals surface area contributed by atoms with Crippen LogP contribution in [0, 0.1) is 6.92 Å². The van der Waals surface area contributed by atoms with E-state index in [1.807, 2.05) is 0 Å². The molecule has 0 amide bonds. The summed E-state index contributed by atoms with van der Waals surface area (Å²) in [5, 5.41) is 2.48. The average Bonchev–Trinajstić information content (AvgIpc) is 2.27. The molecule has 0 aromatic carbocycles. The van der Waals surface area contributed by atoms with Crippen molar-refractivity contribution >= 4 is 5.97 Å². The number of carbonyl (C=O) groups excluding carboxylic acids is 1. The highest BCUT2D eigenvalue weighted by atomic mass is 16.5. The number of ether oxygens (including phenoxy) is 1. The summed E-state index contributed by atoms with van der Waals surface area (Å²) in [5.74, 6) is -0.471. The molecule has 5 heteroatoms. The van der Waals surface area contributed by atoms with Gasteiger partial charge in [-0.05, 0) is 13.8 Å². The lowest BCUT2D eigenvalue weighted by atomic mass is 10.3. The number of nitrogens with one attached hydrogen (secondary N) is 1. The van der Waals surface area contributed by atoms with E-state index in [-0.39, 0.29) is 11.3 Å². The van der Waals surface area contributed by atoms with E-state index >= 15 is 0 Å². The number of hydrogen-bond donors (Lipinski definition) is 1. The van der Waals surface area contributed by atoms with Gasteiger partial charge in [-0.1, -0.05) is 0 Å². The van der Waals surface area contributed by atoms with E-state index in [0.29, 0.717) is 12.2 Å². The maximum atomic E-state index is 11.3. The number of H-pyrrole nitrogens is 1. The van der Waals surface area contributed by atoms with Crippen molar-refractivity contribution in [1.82, 2.24) is 9.78 Å². The second-order valence-electron chi connectivity index (χ2n) is 2.69. The number of nitrogens with zero attached hydrogens (tertiary/aromatic N) is 1. The topological polar surface area (TPSA) is 64.1 Å². The number of carbonyl (C=O) groups is 1. The SMILES string of the molecule is CCOC(=O)c1c(C)c(=O)[nH]n1C. The molecule has 1 rings (SSSR count). The normalized spacial score (nSPS) is 10.1. The fraction of sp³-hybridized carbons (Fsp3) is 0.500. The van der Waals surface area contributed by atoms with Crippen LogP contribution in [-0.2, 0) is 11.8 Å². The Bertz CT molecular complexity index is 375. The molecule has 1 heterocycles. The first kappa shape index (κ1) is 9.57. The Morgan fingerprint density at radius 3 is 2.62 bits per heavy atom. The van der Waals surface area contributed by atoms with Crippen LogP contribution in [0.1, 0.15) is 23.0 Å². The number of aryl methyl sites for hydroxylation is 1. The van der Waals surface area contributed by atoms with Crippen LogP contribution in [0.15, 0.2) is 4.79 Å². The summed E-state index contributed by atoms with van der Waals surface area (Å²) < 4.78 is 6.15. The van der Waals surface area contributed by atoms with Crippen LogP contribution < -0.4 is 5.56 Å². The summed E-state index contributed by atoms with van der Waals surface area (Å²) in [6, 6.07) is 0. The Morgan fingerprint density at radius 1 is 1.62 bits per heavy atom. The van der Waals surface area contributed by atoms with E-state index < -0.39 is 5.97 Å². The smallest absolute Gasteiger partial charge is 0.356 e. The van der Waals surface area contributed by atoms with Crippen molar-refractivity contribution in [2.24, 2.45) is 7.05 Å². The molecule has 0 saturated heterocycles. The van der Waals surface area contributed by atoms with Gasteiger partial charge >= 0.3 is 5.97 Å². The van der Waals surface area contributed by atoms with E-state index in [1.54, 1.807) is 20.9 Å². The van der Waals surface area contributed by atoms with Gasteiger partial charge in [0, 0.05) is 12.6 Å². The molecule has 0 atom stereocenters. The molecule has 1 aromatic rings. The van der Waals surface area contributed by atoms with Gasteiger partial charge in [0.1, 0.15) is 0 Å². The van der Waals surface area contributed by atoms with Gasteiger partial charge < -0.3 is 4.74 Å². The zero-order valence-electron chi connectivity index (χ0n) is 7.88. The van der Waals surface area contributed by atoms with Gasteiger partial charge in [-0.25, -0.2) is 4.79 Å². The first-order chi connectivity index (χ1) is 6.07. The van der Waals surface area contributed by atoms with Crippen LogP contribution in [-0.4, -0.2) is 22.4 Å². The van der Waals surface area contributed by atoms with Crippen molar-refractivity contribution in [1.29, 1.82) is 0 Å². The molecule has 1 N–H and O–H groups in total. The summed E-state index contributed by atoms with van der Waals surface area (Å²) in [7, 11) is 1.60. The minimum atomic E-state index is -0.471. The first-order valence-electron chi connectivity index (χ1n) is 4.00. The minimum Gasteiger partial charge on any atom is -0.461 e. The molecule has 0 aliphatic rings. The molecule has 0 fully saturated rings. The zero-order chi connectivity index (χ0) is 10.0. The minimum absolute atomic E-state index is 0.259. The molecular weight excluding hydrogens is 172 g/mol. The van der Waals surface area contributed by atoms with Crippen LogP contribution in [0.2, 0.25) is 0 Å². The molecule has 0 aliphatic carbocycles. The zero-order valence-corrected chi connectivity index (χ0v) is 7.88. The standard InChI is InChI=1S/C8H12N2O3/c1-4-13-8(12)6-5(2)7(11)9-10(6)3/h4H2,1-3H3,(H,9,11). The van der Waals surface area contributed by atoms with Gasteiger partial charge in [-0.15, -0.1) is 0 Å².